The van der Waals surface area contributed by atoms with Gasteiger partial charge in [-0.1, -0.05) is 86.6 Å². The van der Waals surface area contributed by atoms with E-state index in [1.165, 1.54) is 5.69 Å². The molecule has 2 heterocycles. The molecule has 214 valence electrons. The topological polar surface area (TPSA) is 23.8 Å². The van der Waals surface area contributed by atoms with E-state index in [1.807, 2.05) is 0 Å². The third kappa shape index (κ3) is 5.34. The average Bonchev–Trinajstić information content (AvgIpc) is 3.52. The van der Waals surface area contributed by atoms with Gasteiger partial charge in [-0.05, 0) is 90.8 Å². The molecule has 2 aromatic heterocycles. The van der Waals surface area contributed by atoms with Gasteiger partial charge in [0.25, 0.3) is 0 Å². The standard InChI is InChI=1S/C40H34N4/c1-30(2)39-19-12-20-40-41-38(29-42(39)40)31-21-23-35(24-22-31)44(34-17-10-5-11-18-34)37-27-25-36(26-28-37)43(32-13-6-3-7-14-32)33-15-8-4-9-16-33/h3-30H,1-2H3. The molecule has 0 spiro atoms. The molecule has 44 heavy (non-hydrogen) atoms. The van der Waals surface area contributed by atoms with Crippen molar-refractivity contribution in [2.75, 3.05) is 9.80 Å². The summed E-state index contributed by atoms with van der Waals surface area (Å²) in [6.07, 6.45) is 2.15. The molecule has 5 aromatic carbocycles. The van der Waals surface area contributed by atoms with E-state index in [0.29, 0.717) is 5.92 Å². The number of anilines is 6. The van der Waals surface area contributed by atoms with Gasteiger partial charge < -0.3 is 14.2 Å². The van der Waals surface area contributed by atoms with E-state index in [9.17, 15) is 0 Å². The highest BCUT2D eigenvalue weighted by molar-refractivity contribution is 5.81. The zero-order valence-corrected chi connectivity index (χ0v) is 25.0. The fraction of sp³-hybridized carbons (Fsp3) is 0.0750. The number of benzene rings is 5. The summed E-state index contributed by atoms with van der Waals surface area (Å²) in [5, 5.41) is 0. The minimum atomic E-state index is 0.418. The first kappa shape index (κ1) is 27.2. The fourth-order valence-electron chi connectivity index (χ4n) is 5.80. The lowest BCUT2D eigenvalue weighted by molar-refractivity contribution is 0.801. The molecular formula is C40H34N4. The first-order valence-electron chi connectivity index (χ1n) is 15.1. The molecule has 0 aliphatic carbocycles. The van der Waals surface area contributed by atoms with Gasteiger partial charge in [0.1, 0.15) is 5.65 Å². The van der Waals surface area contributed by atoms with Crippen LogP contribution in [0.4, 0.5) is 34.1 Å². The van der Waals surface area contributed by atoms with E-state index in [2.05, 4.69) is 192 Å². The SMILES string of the molecule is CC(C)c1cccc2nc(-c3ccc(N(c4ccccc4)c4ccc(N(c5ccccc5)c5ccccc5)cc4)cc3)cn12. The number of hydrogen-bond acceptors (Lipinski definition) is 3. The van der Waals surface area contributed by atoms with Crippen LogP contribution in [0.3, 0.4) is 0 Å². The zero-order chi connectivity index (χ0) is 29.9. The molecule has 0 fully saturated rings. The van der Waals surface area contributed by atoms with E-state index in [0.717, 1.165) is 51.0 Å². The van der Waals surface area contributed by atoms with Crippen LogP contribution in [0, 0.1) is 0 Å². The summed E-state index contributed by atoms with van der Waals surface area (Å²) in [6.45, 7) is 4.43. The lowest BCUT2D eigenvalue weighted by Gasteiger charge is -2.28. The monoisotopic (exact) mass is 570 g/mol. The molecule has 0 radical (unpaired) electrons. The van der Waals surface area contributed by atoms with Gasteiger partial charge in [-0.15, -0.1) is 0 Å². The van der Waals surface area contributed by atoms with Crippen molar-refractivity contribution in [3.05, 3.63) is 170 Å². The van der Waals surface area contributed by atoms with Crippen molar-refractivity contribution in [3.63, 3.8) is 0 Å². The zero-order valence-electron chi connectivity index (χ0n) is 25.0. The van der Waals surface area contributed by atoms with E-state index in [4.69, 9.17) is 4.98 Å². The second-order valence-corrected chi connectivity index (χ2v) is 11.2. The van der Waals surface area contributed by atoms with Crippen LogP contribution < -0.4 is 9.80 Å². The molecule has 7 rings (SSSR count). The molecular weight excluding hydrogens is 536 g/mol. The van der Waals surface area contributed by atoms with Crippen molar-refractivity contribution in [2.24, 2.45) is 0 Å². The van der Waals surface area contributed by atoms with Gasteiger partial charge in [-0.25, -0.2) is 4.98 Å². The quantitative estimate of drug-likeness (QED) is 0.182. The number of para-hydroxylation sites is 3. The molecule has 0 atom stereocenters. The number of fused-ring (bicyclic) bond motifs is 1. The Kier molecular flexibility index (Phi) is 7.39. The molecule has 0 saturated heterocycles. The van der Waals surface area contributed by atoms with Gasteiger partial charge in [-0.2, -0.15) is 0 Å². The van der Waals surface area contributed by atoms with Crippen molar-refractivity contribution >= 4 is 39.8 Å². The third-order valence-corrected chi connectivity index (χ3v) is 7.95. The summed E-state index contributed by atoms with van der Waals surface area (Å²) >= 11 is 0. The minimum absolute atomic E-state index is 0.418. The molecule has 0 aliphatic heterocycles. The van der Waals surface area contributed by atoms with Crippen molar-refractivity contribution in [1.82, 2.24) is 9.38 Å². The van der Waals surface area contributed by atoms with Crippen LogP contribution >= 0.6 is 0 Å². The van der Waals surface area contributed by atoms with Crippen molar-refractivity contribution in [3.8, 4) is 11.3 Å². The second-order valence-electron chi connectivity index (χ2n) is 11.2. The number of rotatable bonds is 8. The largest absolute Gasteiger partial charge is 0.311 e. The maximum atomic E-state index is 4.94. The molecule has 4 heteroatoms. The summed E-state index contributed by atoms with van der Waals surface area (Å²) in [6, 6.07) is 55.4. The highest BCUT2D eigenvalue weighted by Gasteiger charge is 2.16. The molecule has 0 bridgehead atoms. The van der Waals surface area contributed by atoms with Gasteiger partial charge in [0.05, 0.1) is 5.69 Å². The molecule has 7 aromatic rings. The Morgan fingerprint density at radius 2 is 0.864 bits per heavy atom. The smallest absolute Gasteiger partial charge is 0.137 e. The van der Waals surface area contributed by atoms with E-state index >= 15 is 0 Å². The molecule has 0 aliphatic rings. The molecule has 0 saturated carbocycles. The molecule has 4 nitrogen and oxygen atoms in total. The van der Waals surface area contributed by atoms with Gasteiger partial charge >= 0.3 is 0 Å². The number of aromatic nitrogens is 2. The summed E-state index contributed by atoms with van der Waals surface area (Å²) in [7, 11) is 0. The predicted octanol–water partition coefficient (Wildman–Crippen LogP) is 11.1. The fourth-order valence-corrected chi connectivity index (χ4v) is 5.80. The maximum absolute atomic E-state index is 4.94. The molecule has 0 N–H and O–H groups in total. The highest BCUT2D eigenvalue weighted by Crippen LogP contribution is 2.39. The van der Waals surface area contributed by atoms with Crippen LogP contribution in [0.25, 0.3) is 16.9 Å². The summed E-state index contributed by atoms with van der Waals surface area (Å²) < 4.78 is 2.21. The minimum Gasteiger partial charge on any atom is -0.311 e. The highest BCUT2D eigenvalue weighted by atomic mass is 15.2. The van der Waals surface area contributed by atoms with Crippen LogP contribution in [0.15, 0.2) is 164 Å². The molecule has 0 amide bonds. The van der Waals surface area contributed by atoms with Crippen LogP contribution in [-0.4, -0.2) is 9.38 Å². The maximum Gasteiger partial charge on any atom is 0.137 e. The van der Waals surface area contributed by atoms with Gasteiger partial charge in [0.15, 0.2) is 0 Å². The van der Waals surface area contributed by atoms with Crippen molar-refractivity contribution in [1.29, 1.82) is 0 Å². The Bertz CT molecular complexity index is 1920. The predicted molar refractivity (Wildman–Crippen MR) is 184 cm³/mol. The van der Waals surface area contributed by atoms with E-state index in [1.54, 1.807) is 0 Å². The number of hydrogen-bond donors (Lipinski definition) is 0. The number of nitrogens with zero attached hydrogens (tertiary/aromatic N) is 4. The van der Waals surface area contributed by atoms with Crippen LogP contribution in [0.2, 0.25) is 0 Å². The first-order valence-corrected chi connectivity index (χ1v) is 15.1. The number of pyridine rings is 1. The van der Waals surface area contributed by atoms with Gasteiger partial charge in [0.2, 0.25) is 0 Å². The Labute approximate surface area is 259 Å². The Balaban J connectivity index is 1.25. The van der Waals surface area contributed by atoms with Gasteiger partial charge in [0, 0.05) is 51.6 Å². The lowest BCUT2D eigenvalue weighted by Crippen LogP contribution is -2.12. The Morgan fingerprint density at radius 3 is 1.30 bits per heavy atom. The van der Waals surface area contributed by atoms with Crippen molar-refractivity contribution in [2.45, 2.75) is 19.8 Å². The van der Waals surface area contributed by atoms with Crippen molar-refractivity contribution < 1.29 is 0 Å². The normalized spacial score (nSPS) is 11.2. The molecule has 0 unspecified atom stereocenters. The van der Waals surface area contributed by atoms with E-state index in [-0.39, 0.29) is 0 Å². The third-order valence-electron chi connectivity index (χ3n) is 7.95. The first-order chi connectivity index (χ1) is 21.7. The van der Waals surface area contributed by atoms with Gasteiger partial charge in [-0.3, -0.25) is 0 Å². The Morgan fingerprint density at radius 1 is 0.455 bits per heavy atom. The summed E-state index contributed by atoms with van der Waals surface area (Å²) in [5.41, 5.74) is 10.9. The lowest BCUT2D eigenvalue weighted by atomic mass is 10.1. The number of imidazole rings is 1. The summed E-state index contributed by atoms with van der Waals surface area (Å²) in [5.74, 6) is 0.418. The van der Waals surface area contributed by atoms with Crippen LogP contribution in [0.1, 0.15) is 25.5 Å². The van der Waals surface area contributed by atoms with Crippen LogP contribution in [-0.2, 0) is 0 Å². The van der Waals surface area contributed by atoms with Crippen LogP contribution in [0.5, 0.6) is 0 Å². The second kappa shape index (κ2) is 11.9. The summed E-state index contributed by atoms with van der Waals surface area (Å²) in [4.78, 5) is 9.52. The Hall–Kier alpha value is -5.61. The van der Waals surface area contributed by atoms with E-state index < -0.39 is 0 Å². The average molecular weight is 571 g/mol.